The van der Waals surface area contributed by atoms with Crippen molar-refractivity contribution in [3.63, 3.8) is 0 Å². The predicted octanol–water partition coefficient (Wildman–Crippen LogP) is 3.83. The lowest BCUT2D eigenvalue weighted by molar-refractivity contribution is 0.696. The van der Waals surface area contributed by atoms with Crippen molar-refractivity contribution in [1.82, 2.24) is 20.4 Å². The van der Waals surface area contributed by atoms with E-state index in [1.165, 1.54) is 16.9 Å². The van der Waals surface area contributed by atoms with Gasteiger partial charge in [-0.25, -0.2) is 0 Å². The highest BCUT2D eigenvalue weighted by Gasteiger charge is 2.10. The van der Waals surface area contributed by atoms with Gasteiger partial charge in [-0.1, -0.05) is 45.5 Å². The van der Waals surface area contributed by atoms with Crippen LogP contribution in [0.1, 0.15) is 5.56 Å². The number of anilines is 1. The van der Waals surface area contributed by atoms with E-state index in [-0.39, 0.29) is 6.04 Å². The lowest BCUT2D eigenvalue weighted by atomic mass is 10.1. The Morgan fingerprint density at radius 2 is 2.08 bits per heavy atom. The minimum absolute atomic E-state index is 0.0108. The molecule has 0 spiro atoms. The van der Waals surface area contributed by atoms with Crippen LogP contribution >= 0.6 is 27.3 Å². The van der Waals surface area contributed by atoms with Crippen LogP contribution in [0.5, 0.6) is 0 Å². The number of hydrogen-bond acceptors (Lipinski definition) is 6. The normalized spacial score (nSPS) is 12.4. The molecule has 4 rings (SSSR count). The molecule has 8 heteroatoms. The lowest BCUT2D eigenvalue weighted by Gasteiger charge is -2.13. The van der Waals surface area contributed by atoms with Crippen LogP contribution in [-0.2, 0) is 6.42 Å². The maximum Gasteiger partial charge on any atom is 0.206 e. The van der Waals surface area contributed by atoms with E-state index in [1.54, 1.807) is 6.20 Å². The average Bonchev–Trinajstić information content (AvgIpc) is 3.30. The van der Waals surface area contributed by atoms with Gasteiger partial charge in [0, 0.05) is 28.0 Å². The lowest BCUT2D eigenvalue weighted by Crippen LogP contribution is -2.31. The number of hydrogen-bond donors (Lipinski definition) is 3. The van der Waals surface area contributed by atoms with Crippen molar-refractivity contribution in [3.8, 4) is 10.6 Å². The number of aromatic nitrogens is 4. The molecule has 2 aromatic heterocycles. The molecule has 4 N–H and O–H groups in total. The van der Waals surface area contributed by atoms with Crippen LogP contribution in [-0.4, -0.2) is 33.0 Å². The van der Waals surface area contributed by atoms with Gasteiger partial charge in [-0.05, 0) is 36.2 Å². The number of rotatable bonds is 6. The third-order valence-electron chi connectivity index (χ3n) is 4.07. The number of H-pyrrole nitrogens is 1. The topological polar surface area (TPSA) is 92.5 Å². The summed E-state index contributed by atoms with van der Waals surface area (Å²) in [5.74, 6) is 0. The van der Waals surface area contributed by atoms with Gasteiger partial charge in [-0.3, -0.25) is 5.10 Å². The summed E-state index contributed by atoms with van der Waals surface area (Å²) >= 11 is 5.08. The summed E-state index contributed by atoms with van der Waals surface area (Å²) in [5.41, 5.74) is 9.49. The molecular weight excluding hydrogens is 412 g/mol. The van der Waals surface area contributed by atoms with Crippen LogP contribution < -0.4 is 11.1 Å². The summed E-state index contributed by atoms with van der Waals surface area (Å²) < 4.78 is 1.09. The first-order chi connectivity index (χ1) is 12.7. The minimum Gasteiger partial charge on any atom is -0.359 e. The second-order valence-corrected chi connectivity index (χ2v) is 7.85. The van der Waals surface area contributed by atoms with E-state index < -0.39 is 0 Å². The number of aromatic amines is 1. The first-order valence-corrected chi connectivity index (χ1v) is 9.80. The van der Waals surface area contributed by atoms with E-state index in [9.17, 15) is 0 Å². The average molecular weight is 429 g/mol. The van der Waals surface area contributed by atoms with Crippen molar-refractivity contribution in [2.24, 2.45) is 5.73 Å². The Balaban J connectivity index is 1.39. The fourth-order valence-corrected chi connectivity index (χ4v) is 3.92. The van der Waals surface area contributed by atoms with Crippen molar-refractivity contribution in [2.45, 2.75) is 12.5 Å². The smallest absolute Gasteiger partial charge is 0.206 e. The van der Waals surface area contributed by atoms with Crippen molar-refractivity contribution in [3.05, 3.63) is 58.7 Å². The number of nitrogens with one attached hydrogen (secondary N) is 2. The molecule has 4 aromatic rings. The second-order valence-electron chi connectivity index (χ2n) is 6.02. The molecule has 0 aliphatic heterocycles. The molecular formula is C18H17BrN6S. The van der Waals surface area contributed by atoms with Crippen LogP contribution in [0.25, 0.3) is 21.5 Å². The Morgan fingerprint density at radius 1 is 1.19 bits per heavy atom. The number of halogens is 1. The largest absolute Gasteiger partial charge is 0.359 e. The van der Waals surface area contributed by atoms with Gasteiger partial charge < -0.3 is 11.1 Å². The van der Waals surface area contributed by atoms with Gasteiger partial charge in [0.05, 0.1) is 11.7 Å². The minimum atomic E-state index is -0.0108. The molecule has 1 atom stereocenters. The van der Waals surface area contributed by atoms with Crippen molar-refractivity contribution >= 4 is 43.3 Å². The van der Waals surface area contributed by atoms with E-state index >= 15 is 0 Å². The number of nitrogens with zero attached hydrogens (tertiary/aromatic N) is 3. The Hall–Kier alpha value is -2.29. The second kappa shape index (κ2) is 7.53. The number of nitrogens with two attached hydrogens (primary N) is 1. The van der Waals surface area contributed by atoms with Gasteiger partial charge in [0.25, 0.3) is 0 Å². The Labute approximate surface area is 163 Å². The van der Waals surface area contributed by atoms with Gasteiger partial charge in [0.1, 0.15) is 5.01 Å². The summed E-state index contributed by atoms with van der Waals surface area (Å²) in [4.78, 5) is 0. The monoisotopic (exact) mass is 428 g/mol. The van der Waals surface area contributed by atoms with Crippen LogP contribution in [0, 0.1) is 0 Å². The van der Waals surface area contributed by atoms with Crippen LogP contribution in [0.15, 0.2) is 53.1 Å². The molecule has 2 heterocycles. The first-order valence-electron chi connectivity index (χ1n) is 8.19. The zero-order valence-corrected chi connectivity index (χ0v) is 16.2. The van der Waals surface area contributed by atoms with Crippen molar-refractivity contribution in [1.29, 1.82) is 0 Å². The molecule has 0 radical (unpaired) electrons. The molecule has 0 aliphatic carbocycles. The molecule has 1 unspecified atom stereocenters. The molecule has 26 heavy (non-hydrogen) atoms. The maximum atomic E-state index is 6.25. The van der Waals surface area contributed by atoms with Crippen LogP contribution in [0.4, 0.5) is 5.13 Å². The summed E-state index contributed by atoms with van der Waals surface area (Å²) in [6.07, 6.45) is 2.59. The van der Waals surface area contributed by atoms with Crippen LogP contribution in [0.3, 0.4) is 0 Å². The third-order valence-corrected chi connectivity index (χ3v) is 5.77. The van der Waals surface area contributed by atoms with Crippen LogP contribution in [0.2, 0.25) is 0 Å². The van der Waals surface area contributed by atoms with E-state index in [0.29, 0.717) is 6.54 Å². The van der Waals surface area contributed by atoms with E-state index in [2.05, 4.69) is 53.8 Å². The highest BCUT2D eigenvalue weighted by atomic mass is 79.9. The zero-order chi connectivity index (χ0) is 17.9. The zero-order valence-electron chi connectivity index (χ0n) is 13.8. The molecule has 0 saturated carbocycles. The molecule has 2 aromatic carbocycles. The Kier molecular flexibility index (Phi) is 4.96. The standard InChI is InChI=1S/C18H17BrN6S/c19-15-4-2-1-3-11(15)8-14(20)10-21-18-25-24-17(26-18)12-5-6-16-13(7-12)9-22-23-16/h1-7,9,14H,8,10,20H2,(H,21,25)(H,22,23). The fraction of sp³-hybridized carbons (Fsp3) is 0.167. The fourth-order valence-electron chi connectivity index (χ4n) is 2.72. The quantitative estimate of drug-likeness (QED) is 0.433. The van der Waals surface area contributed by atoms with Crippen molar-refractivity contribution < 1.29 is 0 Å². The van der Waals surface area contributed by atoms with Gasteiger partial charge in [0.15, 0.2) is 0 Å². The SMILES string of the molecule is NC(CNc1nnc(-c2ccc3[nH]ncc3c2)s1)Cc1ccccc1Br. The summed E-state index contributed by atoms with van der Waals surface area (Å²) in [7, 11) is 0. The number of benzene rings is 2. The van der Waals surface area contributed by atoms with Gasteiger partial charge in [0.2, 0.25) is 5.13 Å². The van der Waals surface area contributed by atoms with E-state index in [4.69, 9.17) is 5.73 Å². The summed E-state index contributed by atoms with van der Waals surface area (Å²) in [6, 6.07) is 14.2. The molecule has 6 nitrogen and oxygen atoms in total. The maximum absolute atomic E-state index is 6.25. The Morgan fingerprint density at radius 3 is 2.96 bits per heavy atom. The van der Waals surface area contributed by atoms with E-state index in [1.807, 2.05) is 30.3 Å². The highest BCUT2D eigenvalue weighted by molar-refractivity contribution is 9.10. The highest BCUT2D eigenvalue weighted by Crippen LogP contribution is 2.28. The molecule has 0 amide bonds. The molecule has 0 bridgehead atoms. The first kappa shape index (κ1) is 17.1. The van der Waals surface area contributed by atoms with Gasteiger partial charge >= 0.3 is 0 Å². The Bertz CT molecular complexity index is 1030. The molecule has 0 aliphatic rings. The van der Waals surface area contributed by atoms with Gasteiger partial charge in [-0.15, -0.1) is 10.2 Å². The summed E-state index contributed by atoms with van der Waals surface area (Å²) in [6.45, 7) is 0.636. The third kappa shape index (κ3) is 3.77. The van der Waals surface area contributed by atoms with Gasteiger partial charge in [-0.2, -0.15) is 5.10 Å². The molecule has 132 valence electrons. The number of fused-ring (bicyclic) bond motifs is 1. The predicted molar refractivity (Wildman–Crippen MR) is 109 cm³/mol. The molecule has 0 saturated heterocycles. The summed E-state index contributed by atoms with van der Waals surface area (Å²) in [5, 5.41) is 21.5. The molecule has 0 fully saturated rings. The van der Waals surface area contributed by atoms with E-state index in [0.717, 1.165) is 37.5 Å². The van der Waals surface area contributed by atoms with Crippen molar-refractivity contribution in [2.75, 3.05) is 11.9 Å².